The number of hydrogen-bond acceptors (Lipinski definition) is 6. The second kappa shape index (κ2) is 9.73. The molecule has 33 heavy (non-hydrogen) atoms. The van der Waals surface area contributed by atoms with Crippen LogP contribution in [0.15, 0.2) is 23.0 Å². The Balaban J connectivity index is 1.42. The third-order valence-corrected chi connectivity index (χ3v) is 7.12. The Labute approximate surface area is 194 Å². The van der Waals surface area contributed by atoms with Gasteiger partial charge in [-0.15, -0.1) is 5.10 Å². The monoisotopic (exact) mass is 450 g/mol. The molecule has 0 radical (unpaired) electrons. The lowest BCUT2D eigenvalue weighted by molar-refractivity contribution is 0.0659. The van der Waals surface area contributed by atoms with Crippen molar-refractivity contribution in [2.75, 3.05) is 13.2 Å². The van der Waals surface area contributed by atoms with Crippen molar-refractivity contribution in [3.63, 3.8) is 0 Å². The molecule has 0 amide bonds. The highest BCUT2D eigenvalue weighted by Crippen LogP contribution is 2.28. The molecule has 2 fully saturated rings. The molecule has 1 aromatic carbocycles. The summed E-state index contributed by atoms with van der Waals surface area (Å²) in [5, 5.41) is 13.8. The summed E-state index contributed by atoms with van der Waals surface area (Å²) in [6.07, 6.45) is 8.35. The third kappa shape index (κ3) is 5.01. The molecule has 1 atom stereocenters. The second-order valence-electron chi connectivity index (χ2n) is 9.80. The Morgan fingerprint density at radius 3 is 2.73 bits per heavy atom. The number of rotatable bonds is 7. The predicted octanol–water partition coefficient (Wildman–Crippen LogP) is 3.82. The Kier molecular flexibility index (Phi) is 6.55. The summed E-state index contributed by atoms with van der Waals surface area (Å²) in [6.45, 7) is 6.87. The van der Waals surface area contributed by atoms with E-state index >= 15 is 0 Å². The Morgan fingerprint density at radius 1 is 1.09 bits per heavy atom. The van der Waals surface area contributed by atoms with E-state index in [9.17, 15) is 4.79 Å². The molecular formula is C25H34N6O2. The van der Waals surface area contributed by atoms with Crippen molar-refractivity contribution in [1.82, 2.24) is 30.1 Å². The molecule has 1 aliphatic heterocycles. The standard InChI is InChI=1S/C25H34N6O2/c1-17-11-18(2)22-13-19(25(32)26-23(22)12-17)14-30(15-21-9-6-10-33-21)16-24-27-28-29-31(24)20-7-4-3-5-8-20/h11-13,20-21H,3-10,14-16H2,1-2H3,(H,26,32)/t21-/m1/s1. The van der Waals surface area contributed by atoms with Crippen molar-refractivity contribution in [3.05, 3.63) is 51.1 Å². The quantitative estimate of drug-likeness (QED) is 0.589. The summed E-state index contributed by atoms with van der Waals surface area (Å²) in [5.41, 5.74) is 3.96. The number of aryl methyl sites for hydroxylation is 2. The van der Waals surface area contributed by atoms with E-state index in [4.69, 9.17) is 4.74 Å². The minimum atomic E-state index is -0.0308. The fourth-order valence-electron chi connectivity index (χ4n) is 5.46. The SMILES string of the molecule is Cc1cc(C)c2cc(CN(Cc3nnnn3C3CCCCC3)C[C@H]3CCCO3)c(=O)[nH]c2c1. The van der Waals surface area contributed by atoms with E-state index in [1.54, 1.807) is 0 Å². The number of nitrogens with zero attached hydrogens (tertiary/aromatic N) is 5. The average molecular weight is 451 g/mol. The maximum absolute atomic E-state index is 13.0. The van der Waals surface area contributed by atoms with Gasteiger partial charge in [0.05, 0.1) is 18.7 Å². The van der Waals surface area contributed by atoms with Crippen LogP contribution in [-0.4, -0.2) is 49.3 Å². The number of nitrogens with one attached hydrogen (secondary N) is 1. The first-order valence-electron chi connectivity index (χ1n) is 12.3. The highest BCUT2D eigenvalue weighted by atomic mass is 16.5. The number of aromatic amines is 1. The second-order valence-corrected chi connectivity index (χ2v) is 9.80. The van der Waals surface area contributed by atoms with Gasteiger partial charge in [0.2, 0.25) is 0 Å². The molecule has 3 heterocycles. The largest absolute Gasteiger partial charge is 0.377 e. The van der Waals surface area contributed by atoms with Crippen LogP contribution in [0.3, 0.4) is 0 Å². The Bertz CT molecular complexity index is 1160. The van der Waals surface area contributed by atoms with Crippen molar-refractivity contribution >= 4 is 10.9 Å². The van der Waals surface area contributed by atoms with Gasteiger partial charge in [0.25, 0.3) is 5.56 Å². The predicted molar refractivity (Wildman–Crippen MR) is 127 cm³/mol. The molecule has 2 aromatic heterocycles. The van der Waals surface area contributed by atoms with Gasteiger partial charge in [0, 0.05) is 36.2 Å². The fraction of sp³-hybridized carbons (Fsp3) is 0.600. The van der Waals surface area contributed by atoms with Crippen molar-refractivity contribution in [2.45, 2.75) is 84.0 Å². The van der Waals surface area contributed by atoms with Gasteiger partial charge in [-0.1, -0.05) is 25.3 Å². The van der Waals surface area contributed by atoms with Crippen LogP contribution in [0.1, 0.15) is 73.5 Å². The topological polar surface area (TPSA) is 88.9 Å². The first-order valence-corrected chi connectivity index (χ1v) is 12.3. The lowest BCUT2D eigenvalue weighted by Crippen LogP contribution is -2.34. The van der Waals surface area contributed by atoms with Crippen molar-refractivity contribution < 1.29 is 4.74 Å². The van der Waals surface area contributed by atoms with Gasteiger partial charge in [0.1, 0.15) is 0 Å². The zero-order chi connectivity index (χ0) is 22.8. The van der Waals surface area contributed by atoms with Gasteiger partial charge in [-0.05, 0) is 73.2 Å². The van der Waals surface area contributed by atoms with E-state index < -0.39 is 0 Å². The summed E-state index contributed by atoms with van der Waals surface area (Å²) in [7, 11) is 0. The van der Waals surface area contributed by atoms with Crippen LogP contribution in [0, 0.1) is 13.8 Å². The molecule has 8 heteroatoms. The number of tetrazole rings is 1. The van der Waals surface area contributed by atoms with Gasteiger partial charge < -0.3 is 9.72 Å². The zero-order valence-corrected chi connectivity index (χ0v) is 19.7. The molecule has 0 unspecified atom stereocenters. The smallest absolute Gasteiger partial charge is 0.252 e. The number of ether oxygens (including phenoxy) is 1. The molecule has 176 valence electrons. The van der Waals surface area contributed by atoms with E-state index in [2.05, 4.69) is 51.4 Å². The van der Waals surface area contributed by atoms with Gasteiger partial charge in [-0.25, -0.2) is 4.68 Å². The summed E-state index contributed by atoms with van der Waals surface area (Å²) in [6, 6.07) is 6.63. The van der Waals surface area contributed by atoms with Crippen LogP contribution in [0.5, 0.6) is 0 Å². The molecule has 0 spiro atoms. The summed E-state index contributed by atoms with van der Waals surface area (Å²) in [5.74, 6) is 0.879. The molecule has 1 saturated carbocycles. The maximum Gasteiger partial charge on any atom is 0.252 e. The van der Waals surface area contributed by atoms with Gasteiger partial charge in [-0.2, -0.15) is 0 Å². The summed E-state index contributed by atoms with van der Waals surface area (Å²) < 4.78 is 7.96. The van der Waals surface area contributed by atoms with E-state index in [0.29, 0.717) is 19.1 Å². The maximum atomic E-state index is 13.0. The molecule has 1 aliphatic carbocycles. The normalized spacial score (nSPS) is 19.7. The molecule has 2 aliphatic rings. The van der Waals surface area contributed by atoms with E-state index in [-0.39, 0.29) is 11.7 Å². The highest BCUT2D eigenvalue weighted by Gasteiger charge is 2.25. The van der Waals surface area contributed by atoms with Crippen molar-refractivity contribution in [3.8, 4) is 0 Å². The van der Waals surface area contributed by atoms with Crippen LogP contribution in [0.2, 0.25) is 0 Å². The molecule has 0 bridgehead atoms. The van der Waals surface area contributed by atoms with Crippen molar-refractivity contribution in [2.24, 2.45) is 0 Å². The zero-order valence-electron chi connectivity index (χ0n) is 19.7. The first-order chi connectivity index (χ1) is 16.1. The Morgan fingerprint density at radius 2 is 1.94 bits per heavy atom. The molecule has 8 nitrogen and oxygen atoms in total. The Hall–Kier alpha value is -2.58. The first kappa shape index (κ1) is 22.2. The number of pyridine rings is 1. The third-order valence-electron chi connectivity index (χ3n) is 7.12. The fourth-order valence-corrected chi connectivity index (χ4v) is 5.46. The number of aromatic nitrogens is 5. The van der Waals surface area contributed by atoms with Crippen molar-refractivity contribution in [1.29, 1.82) is 0 Å². The molecule has 5 rings (SSSR count). The van der Waals surface area contributed by atoms with E-state index in [1.165, 1.54) is 24.8 Å². The number of hydrogen-bond donors (Lipinski definition) is 1. The van der Waals surface area contributed by atoms with Crippen LogP contribution in [0.4, 0.5) is 0 Å². The highest BCUT2D eigenvalue weighted by molar-refractivity contribution is 5.83. The summed E-state index contributed by atoms with van der Waals surface area (Å²) in [4.78, 5) is 18.4. The minimum Gasteiger partial charge on any atom is -0.377 e. The molecule has 1 N–H and O–H groups in total. The van der Waals surface area contributed by atoms with E-state index in [1.807, 2.05) is 10.7 Å². The molecular weight excluding hydrogens is 416 g/mol. The average Bonchev–Trinajstić information content (AvgIpc) is 3.47. The number of fused-ring (bicyclic) bond motifs is 1. The molecule has 1 saturated heterocycles. The van der Waals surface area contributed by atoms with Crippen LogP contribution in [-0.2, 0) is 17.8 Å². The lowest BCUT2D eigenvalue weighted by Gasteiger charge is -2.27. The van der Waals surface area contributed by atoms with Gasteiger partial charge in [0.15, 0.2) is 5.82 Å². The summed E-state index contributed by atoms with van der Waals surface area (Å²) >= 11 is 0. The minimum absolute atomic E-state index is 0.0308. The van der Waals surface area contributed by atoms with Crippen LogP contribution < -0.4 is 5.56 Å². The van der Waals surface area contributed by atoms with Gasteiger partial charge >= 0.3 is 0 Å². The number of H-pyrrole nitrogens is 1. The van der Waals surface area contributed by atoms with Gasteiger partial charge in [-0.3, -0.25) is 9.69 Å². The molecule has 3 aromatic rings. The van der Waals surface area contributed by atoms with E-state index in [0.717, 1.165) is 66.7 Å². The lowest BCUT2D eigenvalue weighted by atomic mass is 9.95. The van der Waals surface area contributed by atoms with Crippen LogP contribution >= 0.6 is 0 Å². The number of benzene rings is 1. The van der Waals surface area contributed by atoms with Crippen LogP contribution in [0.25, 0.3) is 10.9 Å².